The minimum Gasteiger partial charge on any atom is -0.236 e. The first kappa shape index (κ1) is 15.4. The number of nitrogens with one attached hydrogen (secondary N) is 2. The Labute approximate surface area is 125 Å². The molecule has 110 valence electrons. The fraction of sp³-hybridized carbons (Fsp3) is 0.125. The van der Waals surface area contributed by atoms with Gasteiger partial charge in [0.15, 0.2) is 0 Å². The van der Waals surface area contributed by atoms with Crippen LogP contribution in [0.3, 0.4) is 0 Å². The van der Waals surface area contributed by atoms with Crippen LogP contribution in [0.4, 0.5) is 0 Å². The van der Waals surface area contributed by atoms with E-state index < -0.39 is 10.0 Å². The van der Waals surface area contributed by atoms with Gasteiger partial charge < -0.3 is 0 Å². The van der Waals surface area contributed by atoms with Gasteiger partial charge in [-0.25, -0.2) is 13.8 Å². The quantitative estimate of drug-likeness (QED) is 0.611. The molecule has 21 heavy (non-hydrogen) atoms. The largest absolute Gasteiger partial charge is 0.253 e. The third-order valence-electron chi connectivity index (χ3n) is 3.03. The number of hydrazine groups is 1. The second-order valence-electron chi connectivity index (χ2n) is 4.55. The van der Waals surface area contributed by atoms with Crippen molar-refractivity contribution in [3.05, 3.63) is 78.9 Å². The Morgan fingerprint density at radius 2 is 1.57 bits per heavy atom. The van der Waals surface area contributed by atoms with Gasteiger partial charge in [-0.3, -0.25) is 0 Å². The third-order valence-corrected chi connectivity index (χ3v) is 4.30. The van der Waals surface area contributed by atoms with Gasteiger partial charge in [-0.2, -0.15) is 0 Å². The summed E-state index contributed by atoms with van der Waals surface area (Å²) in [5, 5.41) is 0. The zero-order valence-corrected chi connectivity index (χ0v) is 12.4. The molecule has 4 nitrogen and oxygen atoms in total. The molecule has 5 heteroatoms. The maximum Gasteiger partial charge on any atom is 0.253 e. The predicted molar refractivity (Wildman–Crippen MR) is 83.9 cm³/mol. The van der Waals surface area contributed by atoms with Crippen LogP contribution in [0.2, 0.25) is 0 Å². The van der Waals surface area contributed by atoms with Crippen molar-refractivity contribution in [1.82, 2.24) is 10.3 Å². The van der Waals surface area contributed by atoms with E-state index in [0.717, 1.165) is 5.56 Å². The SMILES string of the molecule is C=CC[C@@H](NNS(=O)(=O)c1ccccc1)c1ccccc1. The number of hydrogen-bond donors (Lipinski definition) is 2. The van der Waals surface area contributed by atoms with Gasteiger partial charge in [-0.05, 0) is 24.1 Å². The van der Waals surface area contributed by atoms with E-state index in [2.05, 4.69) is 16.8 Å². The van der Waals surface area contributed by atoms with Gasteiger partial charge in [0.05, 0.1) is 10.9 Å². The fourth-order valence-corrected chi connectivity index (χ4v) is 2.87. The topological polar surface area (TPSA) is 58.2 Å². The molecule has 0 bridgehead atoms. The molecule has 0 aliphatic carbocycles. The van der Waals surface area contributed by atoms with Gasteiger partial charge in [0.2, 0.25) is 0 Å². The van der Waals surface area contributed by atoms with Gasteiger partial charge in [0, 0.05) is 0 Å². The van der Waals surface area contributed by atoms with E-state index in [4.69, 9.17) is 0 Å². The molecule has 0 aliphatic heterocycles. The molecule has 0 heterocycles. The van der Waals surface area contributed by atoms with Crippen LogP contribution in [0.5, 0.6) is 0 Å². The van der Waals surface area contributed by atoms with Gasteiger partial charge >= 0.3 is 0 Å². The fourth-order valence-electron chi connectivity index (χ4n) is 1.94. The van der Waals surface area contributed by atoms with Gasteiger partial charge in [-0.1, -0.05) is 54.6 Å². The molecule has 1 atom stereocenters. The molecule has 0 unspecified atom stereocenters. The van der Waals surface area contributed by atoms with Crippen molar-refractivity contribution >= 4 is 10.0 Å². The number of hydrogen-bond acceptors (Lipinski definition) is 3. The van der Waals surface area contributed by atoms with Crippen molar-refractivity contribution in [3.8, 4) is 0 Å². The summed E-state index contributed by atoms with van der Waals surface area (Å²) in [6.07, 6.45) is 2.36. The van der Waals surface area contributed by atoms with Gasteiger partial charge in [0.25, 0.3) is 10.0 Å². The number of benzene rings is 2. The molecule has 0 fully saturated rings. The highest BCUT2D eigenvalue weighted by Crippen LogP contribution is 2.16. The Hall–Kier alpha value is -1.95. The van der Waals surface area contributed by atoms with Crippen LogP contribution >= 0.6 is 0 Å². The molecule has 0 spiro atoms. The smallest absolute Gasteiger partial charge is 0.236 e. The van der Waals surface area contributed by atoms with Crippen LogP contribution in [0.1, 0.15) is 18.0 Å². The lowest BCUT2D eigenvalue weighted by Crippen LogP contribution is -2.39. The van der Waals surface area contributed by atoms with Crippen LogP contribution in [0.25, 0.3) is 0 Å². The summed E-state index contributed by atoms with van der Waals surface area (Å²) in [5.41, 5.74) is 3.86. The Bertz CT molecular complexity index is 670. The van der Waals surface area contributed by atoms with Crippen molar-refractivity contribution in [3.63, 3.8) is 0 Å². The Morgan fingerprint density at radius 3 is 2.14 bits per heavy atom. The van der Waals surface area contributed by atoms with E-state index in [9.17, 15) is 8.42 Å². The van der Waals surface area contributed by atoms with E-state index in [-0.39, 0.29) is 10.9 Å². The second-order valence-corrected chi connectivity index (χ2v) is 6.23. The molecule has 2 aromatic carbocycles. The minimum absolute atomic E-state index is 0.165. The number of rotatable bonds is 7. The first-order chi connectivity index (χ1) is 10.1. The average Bonchev–Trinajstić information content (AvgIpc) is 2.53. The molecule has 0 aliphatic rings. The third kappa shape index (κ3) is 4.26. The summed E-state index contributed by atoms with van der Waals surface area (Å²) in [5.74, 6) is 0. The highest BCUT2D eigenvalue weighted by molar-refractivity contribution is 7.89. The zero-order chi connectivity index (χ0) is 15.1. The lowest BCUT2D eigenvalue weighted by Gasteiger charge is -2.18. The van der Waals surface area contributed by atoms with Crippen molar-refractivity contribution in [2.45, 2.75) is 17.4 Å². The summed E-state index contributed by atoms with van der Waals surface area (Å²) < 4.78 is 24.3. The highest BCUT2D eigenvalue weighted by Gasteiger charge is 2.16. The number of sulfonamides is 1. The Kier molecular flexibility index (Phi) is 5.27. The van der Waals surface area contributed by atoms with Gasteiger partial charge in [0.1, 0.15) is 0 Å². The van der Waals surface area contributed by atoms with Crippen LogP contribution < -0.4 is 10.3 Å². The van der Waals surface area contributed by atoms with Crippen LogP contribution in [-0.2, 0) is 10.0 Å². The normalized spacial score (nSPS) is 12.8. The predicted octanol–water partition coefficient (Wildman–Crippen LogP) is 2.79. The standard InChI is InChI=1S/C16H18N2O2S/c1-2-9-16(14-10-5-3-6-11-14)17-18-21(19,20)15-12-7-4-8-13-15/h2-8,10-13,16-18H,1,9H2/t16-/m1/s1. The van der Waals surface area contributed by atoms with Crippen molar-refractivity contribution in [1.29, 1.82) is 0 Å². The molecule has 0 saturated carbocycles. The molecular weight excluding hydrogens is 284 g/mol. The maximum atomic E-state index is 12.2. The zero-order valence-electron chi connectivity index (χ0n) is 11.6. The van der Waals surface area contributed by atoms with E-state index in [0.29, 0.717) is 6.42 Å². The van der Waals surface area contributed by atoms with Crippen LogP contribution in [0.15, 0.2) is 78.2 Å². The molecule has 0 aromatic heterocycles. The first-order valence-corrected chi connectivity index (χ1v) is 8.10. The van der Waals surface area contributed by atoms with E-state index in [1.807, 2.05) is 30.3 Å². The second kappa shape index (κ2) is 7.17. The highest BCUT2D eigenvalue weighted by atomic mass is 32.2. The first-order valence-electron chi connectivity index (χ1n) is 6.62. The average molecular weight is 302 g/mol. The molecule has 0 saturated heterocycles. The summed E-state index contributed by atoms with van der Waals surface area (Å²) in [7, 11) is -3.58. The molecule has 2 aromatic rings. The van der Waals surface area contributed by atoms with Crippen molar-refractivity contribution in [2.24, 2.45) is 0 Å². The molecule has 0 radical (unpaired) electrons. The lowest BCUT2D eigenvalue weighted by atomic mass is 10.1. The van der Waals surface area contributed by atoms with Crippen LogP contribution in [0, 0.1) is 0 Å². The van der Waals surface area contributed by atoms with E-state index >= 15 is 0 Å². The molecule has 0 amide bonds. The maximum absolute atomic E-state index is 12.2. The summed E-state index contributed by atoms with van der Waals surface area (Å²) in [4.78, 5) is 2.66. The van der Waals surface area contributed by atoms with Crippen molar-refractivity contribution in [2.75, 3.05) is 0 Å². The van der Waals surface area contributed by atoms with Crippen LogP contribution in [-0.4, -0.2) is 8.42 Å². The molecule has 2 N–H and O–H groups in total. The Morgan fingerprint density at radius 1 is 1.00 bits per heavy atom. The van der Waals surface area contributed by atoms with E-state index in [1.54, 1.807) is 36.4 Å². The summed E-state index contributed by atoms with van der Waals surface area (Å²) >= 11 is 0. The summed E-state index contributed by atoms with van der Waals surface area (Å²) in [6.45, 7) is 3.71. The molecule has 2 rings (SSSR count). The Balaban J connectivity index is 2.11. The van der Waals surface area contributed by atoms with Crippen molar-refractivity contribution < 1.29 is 8.42 Å². The minimum atomic E-state index is -3.58. The lowest BCUT2D eigenvalue weighted by molar-refractivity contribution is 0.494. The van der Waals surface area contributed by atoms with Gasteiger partial charge in [-0.15, -0.1) is 11.4 Å². The van der Waals surface area contributed by atoms with E-state index in [1.165, 1.54) is 0 Å². The molecular formula is C16H18N2O2S. The summed E-state index contributed by atoms with van der Waals surface area (Å²) in [6, 6.07) is 17.7. The monoisotopic (exact) mass is 302 g/mol.